The summed E-state index contributed by atoms with van der Waals surface area (Å²) in [5, 5.41) is 3.22. The van der Waals surface area contributed by atoms with E-state index in [0.29, 0.717) is 18.1 Å². The molecule has 2 heterocycles. The summed E-state index contributed by atoms with van der Waals surface area (Å²) in [6.07, 6.45) is 5.04. The maximum atomic E-state index is 12.5. The summed E-state index contributed by atoms with van der Waals surface area (Å²) in [5.74, 6) is 0.545. The standard InChI is InChI=1S/C20H21N5O/c1-14-12-22-20(24-15(14)2)23-13-16-4-6-18(7-5-16)25(3)19(26)17-8-10-21-11-9-17/h4-12H,13H2,1-3H3,(H,22,23,24). The van der Waals surface area contributed by atoms with E-state index in [-0.39, 0.29) is 5.91 Å². The van der Waals surface area contributed by atoms with E-state index in [9.17, 15) is 4.79 Å². The summed E-state index contributed by atoms with van der Waals surface area (Å²) in [7, 11) is 1.76. The molecule has 0 unspecified atom stereocenters. The largest absolute Gasteiger partial charge is 0.350 e. The molecule has 0 fully saturated rings. The summed E-state index contributed by atoms with van der Waals surface area (Å²) in [4.78, 5) is 26.7. The highest BCUT2D eigenvalue weighted by Crippen LogP contribution is 2.17. The van der Waals surface area contributed by atoms with E-state index in [4.69, 9.17) is 0 Å². The topological polar surface area (TPSA) is 71.0 Å². The van der Waals surface area contributed by atoms with Crippen molar-refractivity contribution in [3.05, 3.63) is 77.4 Å². The van der Waals surface area contributed by atoms with Crippen molar-refractivity contribution in [2.24, 2.45) is 0 Å². The molecule has 0 aliphatic rings. The van der Waals surface area contributed by atoms with Gasteiger partial charge in [0.25, 0.3) is 5.91 Å². The third-order valence-electron chi connectivity index (χ3n) is 4.23. The molecular weight excluding hydrogens is 326 g/mol. The van der Waals surface area contributed by atoms with E-state index in [1.54, 1.807) is 36.5 Å². The van der Waals surface area contributed by atoms with E-state index in [0.717, 1.165) is 22.5 Å². The summed E-state index contributed by atoms with van der Waals surface area (Å²) in [6.45, 7) is 4.57. The SMILES string of the molecule is Cc1cnc(NCc2ccc(N(C)C(=O)c3ccncc3)cc2)nc1C. The number of carbonyl (C=O) groups is 1. The van der Waals surface area contributed by atoms with Crippen LogP contribution in [0.1, 0.15) is 27.2 Å². The Kier molecular flexibility index (Phi) is 5.22. The molecule has 0 spiro atoms. The summed E-state index contributed by atoms with van der Waals surface area (Å²) in [5.41, 5.74) is 4.56. The predicted molar refractivity (Wildman–Crippen MR) is 102 cm³/mol. The van der Waals surface area contributed by atoms with Gasteiger partial charge in [-0.2, -0.15) is 0 Å². The second-order valence-electron chi connectivity index (χ2n) is 6.08. The van der Waals surface area contributed by atoms with Crippen LogP contribution in [0.4, 0.5) is 11.6 Å². The second kappa shape index (κ2) is 7.74. The fourth-order valence-electron chi connectivity index (χ4n) is 2.44. The lowest BCUT2D eigenvalue weighted by molar-refractivity contribution is 0.0993. The maximum Gasteiger partial charge on any atom is 0.258 e. The Labute approximate surface area is 153 Å². The fraction of sp³-hybridized carbons (Fsp3) is 0.200. The van der Waals surface area contributed by atoms with E-state index in [1.165, 1.54) is 0 Å². The normalized spacial score (nSPS) is 10.4. The Hall–Kier alpha value is -3.28. The molecule has 1 amide bonds. The lowest BCUT2D eigenvalue weighted by Crippen LogP contribution is -2.26. The van der Waals surface area contributed by atoms with E-state index in [1.807, 2.05) is 44.3 Å². The molecule has 132 valence electrons. The first-order valence-electron chi connectivity index (χ1n) is 8.36. The molecule has 0 atom stereocenters. The minimum atomic E-state index is -0.0678. The van der Waals surface area contributed by atoms with Crippen LogP contribution in [0.25, 0.3) is 0 Å². The molecule has 1 N–H and O–H groups in total. The van der Waals surface area contributed by atoms with Crippen LogP contribution in [-0.4, -0.2) is 27.9 Å². The number of aryl methyl sites for hydroxylation is 2. The molecule has 0 saturated heterocycles. The molecule has 6 heteroatoms. The van der Waals surface area contributed by atoms with Gasteiger partial charge in [-0.1, -0.05) is 12.1 Å². The Morgan fingerprint density at radius 1 is 1.08 bits per heavy atom. The first-order valence-corrected chi connectivity index (χ1v) is 8.36. The third-order valence-corrected chi connectivity index (χ3v) is 4.23. The highest BCUT2D eigenvalue weighted by atomic mass is 16.2. The molecule has 0 aliphatic heterocycles. The molecule has 2 aromatic heterocycles. The van der Waals surface area contributed by atoms with Crippen LogP contribution in [0.2, 0.25) is 0 Å². The van der Waals surface area contributed by atoms with Crippen molar-refractivity contribution in [2.75, 3.05) is 17.3 Å². The van der Waals surface area contributed by atoms with Crippen LogP contribution in [0.5, 0.6) is 0 Å². The highest BCUT2D eigenvalue weighted by Gasteiger charge is 2.13. The Balaban J connectivity index is 1.64. The van der Waals surface area contributed by atoms with Gasteiger partial charge in [-0.15, -0.1) is 0 Å². The Morgan fingerprint density at radius 3 is 2.42 bits per heavy atom. The van der Waals surface area contributed by atoms with Gasteiger partial charge in [0.15, 0.2) is 0 Å². The van der Waals surface area contributed by atoms with Crippen molar-refractivity contribution in [3.8, 4) is 0 Å². The van der Waals surface area contributed by atoms with Gasteiger partial charge in [0, 0.05) is 49.1 Å². The van der Waals surface area contributed by atoms with Crippen molar-refractivity contribution in [2.45, 2.75) is 20.4 Å². The fourth-order valence-corrected chi connectivity index (χ4v) is 2.44. The van der Waals surface area contributed by atoms with E-state index >= 15 is 0 Å². The van der Waals surface area contributed by atoms with Gasteiger partial charge in [-0.05, 0) is 49.2 Å². The predicted octanol–water partition coefficient (Wildman–Crippen LogP) is 3.38. The molecule has 0 saturated carbocycles. The zero-order chi connectivity index (χ0) is 18.5. The Morgan fingerprint density at radius 2 is 1.77 bits per heavy atom. The van der Waals surface area contributed by atoms with Gasteiger partial charge in [0.05, 0.1) is 0 Å². The van der Waals surface area contributed by atoms with Gasteiger partial charge in [0.2, 0.25) is 5.95 Å². The lowest BCUT2D eigenvalue weighted by atomic mass is 10.1. The van der Waals surface area contributed by atoms with E-state index in [2.05, 4.69) is 20.3 Å². The van der Waals surface area contributed by atoms with E-state index < -0.39 is 0 Å². The average Bonchev–Trinajstić information content (AvgIpc) is 2.69. The van der Waals surface area contributed by atoms with Gasteiger partial charge in [0.1, 0.15) is 0 Å². The molecule has 6 nitrogen and oxygen atoms in total. The number of hydrogen-bond donors (Lipinski definition) is 1. The summed E-state index contributed by atoms with van der Waals surface area (Å²) < 4.78 is 0. The molecular formula is C20H21N5O. The molecule has 0 bridgehead atoms. The minimum Gasteiger partial charge on any atom is -0.350 e. The van der Waals surface area contributed by atoms with Gasteiger partial charge >= 0.3 is 0 Å². The summed E-state index contributed by atoms with van der Waals surface area (Å²) >= 11 is 0. The van der Waals surface area contributed by atoms with Gasteiger partial charge in [-0.3, -0.25) is 9.78 Å². The number of nitrogens with one attached hydrogen (secondary N) is 1. The number of nitrogens with zero attached hydrogens (tertiary/aromatic N) is 4. The van der Waals surface area contributed by atoms with Crippen molar-refractivity contribution >= 4 is 17.5 Å². The van der Waals surface area contributed by atoms with Crippen molar-refractivity contribution in [3.63, 3.8) is 0 Å². The smallest absolute Gasteiger partial charge is 0.258 e. The number of pyridine rings is 1. The van der Waals surface area contributed by atoms with Crippen LogP contribution in [0.3, 0.4) is 0 Å². The number of carbonyl (C=O) groups excluding carboxylic acids is 1. The molecule has 1 aromatic carbocycles. The molecule has 0 aliphatic carbocycles. The van der Waals surface area contributed by atoms with Gasteiger partial charge < -0.3 is 10.2 Å². The molecule has 0 radical (unpaired) electrons. The number of anilines is 2. The number of amides is 1. The van der Waals surface area contributed by atoms with Crippen LogP contribution in [0.15, 0.2) is 55.0 Å². The van der Waals surface area contributed by atoms with Crippen LogP contribution in [-0.2, 0) is 6.54 Å². The maximum absolute atomic E-state index is 12.5. The quantitative estimate of drug-likeness (QED) is 0.766. The van der Waals surface area contributed by atoms with Gasteiger partial charge in [-0.25, -0.2) is 9.97 Å². The monoisotopic (exact) mass is 347 g/mol. The lowest BCUT2D eigenvalue weighted by Gasteiger charge is -2.17. The third kappa shape index (κ3) is 4.03. The highest BCUT2D eigenvalue weighted by molar-refractivity contribution is 6.05. The summed E-state index contributed by atoms with van der Waals surface area (Å²) in [6, 6.07) is 11.2. The molecule has 3 rings (SSSR count). The first kappa shape index (κ1) is 17.5. The number of rotatable bonds is 5. The molecule has 3 aromatic rings. The molecule has 26 heavy (non-hydrogen) atoms. The second-order valence-corrected chi connectivity index (χ2v) is 6.08. The van der Waals surface area contributed by atoms with Crippen molar-refractivity contribution < 1.29 is 4.79 Å². The zero-order valence-corrected chi connectivity index (χ0v) is 15.1. The van der Waals surface area contributed by atoms with Crippen LogP contribution >= 0.6 is 0 Å². The minimum absolute atomic E-state index is 0.0678. The van der Waals surface area contributed by atoms with Crippen molar-refractivity contribution in [1.82, 2.24) is 15.0 Å². The van der Waals surface area contributed by atoms with Crippen molar-refractivity contribution in [1.29, 1.82) is 0 Å². The average molecular weight is 347 g/mol. The van der Waals surface area contributed by atoms with Crippen LogP contribution in [0, 0.1) is 13.8 Å². The number of hydrogen-bond acceptors (Lipinski definition) is 5. The number of benzene rings is 1. The first-order chi connectivity index (χ1) is 12.5. The van der Waals surface area contributed by atoms with Crippen LogP contribution < -0.4 is 10.2 Å². The number of aromatic nitrogens is 3. The zero-order valence-electron chi connectivity index (χ0n) is 15.1. The Bertz CT molecular complexity index is 894.